The molecule has 184 valence electrons. The molecule has 12 heteroatoms. The van der Waals surface area contributed by atoms with E-state index in [9.17, 15) is 29.4 Å². The number of rotatable bonds is 5. The summed E-state index contributed by atoms with van der Waals surface area (Å²) in [5, 5.41) is 23.0. The standard InChI is InChI=1S/C21H29O11P/c1-9(2)19(24)14(22)15-21(32-15)18(3)5-4-10-11(7-28-16(10)23)12(18)6-13-20(21,31-13)17(19)29-8-30-33(25,26)27/h9,12-15,17,22,24H,4-8H2,1-3H3,(H2,25,26,27)/p-2/t12-,13-,14+,15-,17+,18-,19-,20+,21+/m0/s1. The van der Waals surface area contributed by atoms with Gasteiger partial charge in [0.1, 0.15) is 36.1 Å². The maximum Gasteiger partial charge on any atom is 0.334 e. The Bertz CT molecular complexity index is 1010. The molecular weight excluding hydrogens is 459 g/mol. The van der Waals surface area contributed by atoms with Gasteiger partial charge >= 0.3 is 5.97 Å². The van der Waals surface area contributed by atoms with E-state index in [1.165, 1.54) is 0 Å². The first-order chi connectivity index (χ1) is 15.3. The molecule has 6 rings (SSSR count). The van der Waals surface area contributed by atoms with E-state index >= 15 is 0 Å². The van der Waals surface area contributed by atoms with Crippen LogP contribution >= 0.6 is 7.82 Å². The van der Waals surface area contributed by atoms with Crippen molar-refractivity contribution in [1.82, 2.24) is 0 Å². The third-order valence-electron chi connectivity index (χ3n) is 9.31. The fourth-order valence-electron chi connectivity index (χ4n) is 7.68. The van der Waals surface area contributed by atoms with E-state index in [4.69, 9.17) is 18.9 Å². The normalized spacial score (nSPS) is 51.9. The van der Waals surface area contributed by atoms with Gasteiger partial charge in [-0.05, 0) is 36.7 Å². The molecule has 3 aliphatic heterocycles. The Kier molecular flexibility index (Phi) is 4.42. The Morgan fingerprint density at radius 1 is 1.30 bits per heavy atom. The molecular formula is C21H27O11P-2. The first-order valence-corrected chi connectivity index (χ1v) is 12.7. The zero-order valence-corrected chi connectivity index (χ0v) is 19.4. The number of phosphoric ester groups is 1. The molecule has 33 heavy (non-hydrogen) atoms. The van der Waals surface area contributed by atoms with E-state index < -0.39 is 67.2 Å². The van der Waals surface area contributed by atoms with E-state index in [0.29, 0.717) is 24.8 Å². The van der Waals surface area contributed by atoms with Crippen molar-refractivity contribution >= 4 is 13.8 Å². The quantitative estimate of drug-likeness (QED) is 0.209. The number of fused-ring (bicyclic) bond motifs is 2. The molecule has 0 amide bonds. The van der Waals surface area contributed by atoms with Crippen molar-refractivity contribution in [3.05, 3.63) is 11.1 Å². The first-order valence-electron chi connectivity index (χ1n) is 11.3. The molecule has 6 aliphatic rings. The highest BCUT2D eigenvalue weighted by atomic mass is 31.2. The SMILES string of the molecule is CC(C)[C@]1(O)[C@H](O)[C@@H]2O[C@]23[C@]2(O[C@H]2C[C@H]2C4=C(CC[C@@]23C)C(=O)OC4)[C@@H]1OCOP(=O)([O-])[O-]. The number of aliphatic hydroxyl groups is 2. The molecule has 0 bridgehead atoms. The van der Waals surface area contributed by atoms with E-state index in [2.05, 4.69) is 4.52 Å². The molecule has 2 spiro atoms. The van der Waals surface area contributed by atoms with Gasteiger partial charge in [0, 0.05) is 11.0 Å². The van der Waals surface area contributed by atoms with Crippen LogP contribution in [-0.2, 0) is 32.8 Å². The second kappa shape index (κ2) is 6.46. The molecule has 0 unspecified atom stereocenters. The van der Waals surface area contributed by atoms with Gasteiger partial charge in [0.15, 0.2) is 12.4 Å². The van der Waals surface area contributed by atoms with Crippen molar-refractivity contribution in [3.63, 3.8) is 0 Å². The Labute approximate surface area is 190 Å². The lowest BCUT2D eigenvalue weighted by Crippen LogP contribution is -2.76. The van der Waals surface area contributed by atoms with E-state index in [-0.39, 0.29) is 18.5 Å². The molecule has 4 fully saturated rings. The number of hydrogen-bond acceptors (Lipinski definition) is 11. The third kappa shape index (κ3) is 2.48. The van der Waals surface area contributed by atoms with Crippen molar-refractivity contribution in [2.24, 2.45) is 17.3 Å². The summed E-state index contributed by atoms with van der Waals surface area (Å²) in [5.41, 5.74) is -2.90. The lowest BCUT2D eigenvalue weighted by atomic mass is 9.45. The summed E-state index contributed by atoms with van der Waals surface area (Å²) >= 11 is 0. The monoisotopic (exact) mass is 486 g/mol. The van der Waals surface area contributed by atoms with Crippen molar-refractivity contribution in [2.75, 3.05) is 13.4 Å². The molecule has 9 atom stereocenters. The van der Waals surface area contributed by atoms with E-state index in [1.54, 1.807) is 13.8 Å². The van der Waals surface area contributed by atoms with Crippen LogP contribution in [0.15, 0.2) is 11.1 Å². The van der Waals surface area contributed by atoms with Gasteiger partial charge in [-0.3, -0.25) is 0 Å². The lowest BCUT2D eigenvalue weighted by molar-refractivity contribution is -0.350. The number of aliphatic hydroxyl groups excluding tert-OH is 1. The van der Waals surface area contributed by atoms with Crippen molar-refractivity contribution in [1.29, 1.82) is 0 Å². The number of cyclic esters (lactones) is 1. The number of phosphoric acid groups is 1. The summed E-state index contributed by atoms with van der Waals surface area (Å²) in [6.07, 6.45) is -2.07. The summed E-state index contributed by atoms with van der Waals surface area (Å²) in [7, 11) is -5.31. The second-order valence-electron chi connectivity index (χ2n) is 10.7. The smallest absolute Gasteiger partial charge is 0.334 e. The Morgan fingerprint density at radius 2 is 2.03 bits per heavy atom. The van der Waals surface area contributed by atoms with Gasteiger partial charge in [-0.1, -0.05) is 20.8 Å². The van der Waals surface area contributed by atoms with Crippen LogP contribution in [0, 0.1) is 17.3 Å². The summed E-state index contributed by atoms with van der Waals surface area (Å²) < 4.78 is 39.0. The molecule has 3 heterocycles. The van der Waals surface area contributed by atoms with Gasteiger partial charge in [-0.25, -0.2) is 4.79 Å². The number of carbonyl (C=O) groups excluding carboxylic acids is 1. The summed E-state index contributed by atoms with van der Waals surface area (Å²) in [5.74, 6) is -0.879. The Balaban J connectivity index is 1.43. The van der Waals surface area contributed by atoms with Crippen molar-refractivity contribution in [3.8, 4) is 0 Å². The minimum absolute atomic E-state index is 0.0730. The fourth-order valence-corrected chi connectivity index (χ4v) is 7.87. The zero-order valence-electron chi connectivity index (χ0n) is 18.5. The Morgan fingerprint density at radius 3 is 2.70 bits per heavy atom. The number of epoxide rings is 2. The lowest BCUT2D eigenvalue weighted by Gasteiger charge is -2.57. The van der Waals surface area contributed by atoms with Gasteiger partial charge in [0.05, 0.1) is 13.9 Å². The third-order valence-corrected chi connectivity index (χ3v) is 9.73. The maximum atomic E-state index is 12.2. The average Bonchev–Trinajstić information content (AvgIpc) is 3.61. The van der Waals surface area contributed by atoms with Gasteiger partial charge < -0.3 is 48.0 Å². The van der Waals surface area contributed by atoms with Crippen LogP contribution in [0.2, 0.25) is 0 Å². The molecule has 0 aromatic rings. The number of carbonyl (C=O) groups is 1. The molecule has 11 nitrogen and oxygen atoms in total. The van der Waals surface area contributed by atoms with Crippen LogP contribution in [0.25, 0.3) is 0 Å². The van der Waals surface area contributed by atoms with Crippen LogP contribution in [0.1, 0.15) is 40.0 Å². The minimum Gasteiger partial charge on any atom is -0.790 e. The van der Waals surface area contributed by atoms with Gasteiger partial charge in [-0.15, -0.1) is 0 Å². The molecule has 3 aliphatic carbocycles. The first kappa shape index (κ1) is 22.6. The predicted molar refractivity (Wildman–Crippen MR) is 103 cm³/mol. The summed E-state index contributed by atoms with van der Waals surface area (Å²) in [6, 6.07) is 0. The molecule has 0 aromatic carbocycles. The molecule has 2 N–H and O–H groups in total. The predicted octanol–water partition coefficient (Wildman–Crippen LogP) is -1.12. The Hall–Kier alpha value is -0.880. The topological polar surface area (TPSA) is 173 Å². The molecule has 0 radical (unpaired) electrons. The number of ether oxygens (including phenoxy) is 4. The molecule has 2 saturated heterocycles. The highest BCUT2D eigenvalue weighted by Crippen LogP contribution is 2.80. The van der Waals surface area contributed by atoms with Crippen LogP contribution in [0.5, 0.6) is 0 Å². The average molecular weight is 486 g/mol. The number of esters is 1. The highest BCUT2D eigenvalue weighted by Gasteiger charge is 2.97. The zero-order chi connectivity index (χ0) is 23.8. The van der Waals surface area contributed by atoms with Gasteiger partial charge in [0.2, 0.25) is 0 Å². The van der Waals surface area contributed by atoms with Crippen LogP contribution in [-0.4, -0.2) is 70.8 Å². The van der Waals surface area contributed by atoms with E-state index in [1.807, 2.05) is 6.92 Å². The largest absolute Gasteiger partial charge is 0.790 e. The van der Waals surface area contributed by atoms with Gasteiger partial charge in [-0.2, -0.15) is 0 Å². The second-order valence-corrected chi connectivity index (χ2v) is 11.8. The maximum absolute atomic E-state index is 12.2. The minimum atomic E-state index is -5.31. The summed E-state index contributed by atoms with van der Waals surface area (Å²) in [4.78, 5) is 34.2. The van der Waals surface area contributed by atoms with Crippen LogP contribution < -0.4 is 9.79 Å². The summed E-state index contributed by atoms with van der Waals surface area (Å²) in [6.45, 7) is 4.79. The van der Waals surface area contributed by atoms with Crippen molar-refractivity contribution < 1.29 is 52.8 Å². The van der Waals surface area contributed by atoms with Crippen LogP contribution in [0.4, 0.5) is 0 Å². The highest BCUT2D eigenvalue weighted by molar-refractivity contribution is 7.43. The van der Waals surface area contributed by atoms with Crippen molar-refractivity contribution in [2.45, 2.75) is 81.3 Å². The fraction of sp³-hybridized carbons (Fsp3) is 0.857. The molecule has 0 aromatic heterocycles. The van der Waals surface area contributed by atoms with Crippen LogP contribution in [0.3, 0.4) is 0 Å². The number of hydrogen-bond donors (Lipinski definition) is 2. The van der Waals surface area contributed by atoms with Gasteiger partial charge in [0.25, 0.3) is 0 Å². The molecule has 2 saturated carbocycles. The van der Waals surface area contributed by atoms with E-state index in [0.717, 1.165) is 5.57 Å².